The summed E-state index contributed by atoms with van der Waals surface area (Å²) in [5.41, 5.74) is 6.21. The first-order chi connectivity index (χ1) is 8.90. The van der Waals surface area contributed by atoms with Crippen molar-refractivity contribution >= 4 is 17.3 Å². The first kappa shape index (κ1) is 15.4. The Balaban J connectivity index is 2.49. The lowest BCUT2D eigenvalue weighted by Gasteiger charge is -2.15. The maximum Gasteiger partial charge on any atom is 0.253 e. The van der Waals surface area contributed by atoms with Crippen molar-refractivity contribution in [1.82, 2.24) is 0 Å². The molecule has 0 spiro atoms. The minimum absolute atomic E-state index is 0.197. The molecule has 3 N–H and O–H groups in total. The average molecular weight is 268 g/mol. The largest absolute Gasteiger partial charge is 0.397 e. The molecular formula is C14H21FN2O2. The van der Waals surface area contributed by atoms with Gasteiger partial charge in [-0.15, -0.1) is 0 Å². The van der Waals surface area contributed by atoms with Gasteiger partial charge in [0.2, 0.25) is 0 Å². The fraction of sp³-hybridized carbons (Fsp3) is 0.500. The van der Waals surface area contributed by atoms with E-state index in [1.807, 2.05) is 0 Å². The predicted octanol–water partition coefficient (Wildman–Crippen LogP) is 2.80. The molecule has 5 heteroatoms. The minimum Gasteiger partial charge on any atom is -0.397 e. The first-order valence-electron chi connectivity index (χ1n) is 6.37. The Hall–Kier alpha value is -1.62. The lowest BCUT2D eigenvalue weighted by molar-refractivity contribution is -0.126. The molecule has 0 aliphatic carbocycles. The summed E-state index contributed by atoms with van der Waals surface area (Å²) in [5.74, 6) is -0.193. The van der Waals surface area contributed by atoms with Gasteiger partial charge in [0, 0.05) is 6.61 Å². The third-order valence-corrected chi connectivity index (χ3v) is 2.70. The van der Waals surface area contributed by atoms with Crippen LogP contribution in [0.4, 0.5) is 15.8 Å². The standard InChI is InChI=1S/C14H21FN2O2/c1-9(2)6-7-19-10(3)14(18)17-13-5-4-11(15)8-12(13)16/h4-5,8-10H,6-7,16H2,1-3H3,(H,17,18). The van der Waals surface area contributed by atoms with E-state index in [2.05, 4.69) is 19.2 Å². The Labute approximate surface area is 113 Å². The summed E-state index contributed by atoms with van der Waals surface area (Å²) in [6.07, 6.45) is 0.333. The highest BCUT2D eigenvalue weighted by Crippen LogP contribution is 2.19. The van der Waals surface area contributed by atoms with Crippen molar-refractivity contribution in [3.05, 3.63) is 24.0 Å². The van der Waals surface area contributed by atoms with Gasteiger partial charge in [-0.05, 0) is 37.5 Å². The second-order valence-electron chi connectivity index (χ2n) is 4.92. The van der Waals surface area contributed by atoms with Gasteiger partial charge in [0.05, 0.1) is 11.4 Å². The fourth-order valence-corrected chi connectivity index (χ4v) is 1.44. The summed E-state index contributed by atoms with van der Waals surface area (Å²) in [4.78, 5) is 11.8. The molecule has 1 aromatic carbocycles. The summed E-state index contributed by atoms with van der Waals surface area (Å²) in [6, 6.07) is 3.85. The monoisotopic (exact) mass is 268 g/mol. The highest BCUT2D eigenvalue weighted by Gasteiger charge is 2.14. The topological polar surface area (TPSA) is 64.3 Å². The SMILES string of the molecule is CC(C)CCOC(C)C(=O)Nc1ccc(F)cc1N. The Kier molecular flexibility index (Phi) is 5.76. The summed E-state index contributed by atoms with van der Waals surface area (Å²) in [5, 5.41) is 2.62. The fourth-order valence-electron chi connectivity index (χ4n) is 1.44. The summed E-state index contributed by atoms with van der Waals surface area (Å²) >= 11 is 0. The van der Waals surface area contributed by atoms with E-state index in [-0.39, 0.29) is 11.6 Å². The molecular weight excluding hydrogens is 247 g/mol. The van der Waals surface area contributed by atoms with Gasteiger partial charge < -0.3 is 15.8 Å². The van der Waals surface area contributed by atoms with Crippen LogP contribution in [0.15, 0.2) is 18.2 Å². The smallest absolute Gasteiger partial charge is 0.253 e. The molecule has 106 valence electrons. The molecule has 0 radical (unpaired) electrons. The van der Waals surface area contributed by atoms with E-state index in [0.717, 1.165) is 6.42 Å². The van der Waals surface area contributed by atoms with Crippen molar-refractivity contribution in [1.29, 1.82) is 0 Å². The van der Waals surface area contributed by atoms with E-state index in [0.29, 0.717) is 18.2 Å². The van der Waals surface area contributed by atoms with Crippen molar-refractivity contribution in [3.63, 3.8) is 0 Å². The molecule has 0 aliphatic rings. The number of nitrogen functional groups attached to an aromatic ring is 1. The lowest BCUT2D eigenvalue weighted by atomic mass is 10.1. The van der Waals surface area contributed by atoms with Gasteiger partial charge in [-0.25, -0.2) is 4.39 Å². The van der Waals surface area contributed by atoms with Gasteiger partial charge >= 0.3 is 0 Å². The Bertz CT molecular complexity index is 435. The van der Waals surface area contributed by atoms with Crippen molar-refractivity contribution in [2.24, 2.45) is 5.92 Å². The van der Waals surface area contributed by atoms with Crippen LogP contribution >= 0.6 is 0 Å². The molecule has 19 heavy (non-hydrogen) atoms. The summed E-state index contributed by atoms with van der Waals surface area (Å²) in [6.45, 7) is 6.39. The molecule has 0 heterocycles. The van der Waals surface area contributed by atoms with Crippen LogP contribution in [0.3, 0.4) is 0 Å². The molecule has 0 saturated carbocycles. The van der Waals surface area contributed by atoms with Crippen LogP contribution in [0.5, 0.6) is 0 Å². The Morgan fingerprint density at radius 2 is 2.11 bits per heavy atom. The maximum absolute atomic E-state index is 12.9. The second-order valence-corrected chi connectivity index (χ2v) is 4.92. The lowest BCUT2D eigenvalue weighted by Crippen LogP contribution is -2.28. The van der Waals surface area contributed by atoms with Crippen LogP contribution in [0, 0.1) is 11.7 Å². The molecule has 1 atom stereocenters. The summed E-state index contributed by atoms with van der Waals surface area (Å²) < 4.78 is 18.3. The van der Waals surface area contributed by atoms with Crippen LogP contribution < -0.4 is 11.1 Å². The molecule has 1 rings (SSSR count). The number of amides is 1. The molecule has 1 amide bonds. The van der Waals surface area contributed by atoms with Crippen molar-refractivity contribution < 1.29 is 13.9 Å². The summed E-state index contributed by atoms with van der Waals surface area (Å²) in [7, 11) is 0. The quantitative estimate of drug-likeness (QED) is 0.780. The van der Waals surface area contributed by atoms with E-state index in [4.69, 9.17) is 10.5 Å². The van der Waals surface area contributed by atoms with E-state index in [1.54, 1.807) is 6.92 Å². The molecule has 1 aromatic rings. The number of rotatable bonds is 6. The van der Waals surface area contributed by atoms with Gasteiger partial charge in [0.25, 0.3) is 5.91 Å². The minimum atomic E-state index is -0.566. The number of anilines is 2. The molecule has 0 saturated heterocycles. The van der Waals surface area contributed by atoms with Crippen LogP contribution in [0.25, 0.3) is 0 Å². The van der Waals surface area contributed by atoms with Crippen molar-refractivity contribution in [2.75, 3.05) is 17.7 Å². The van der Waals surface area contributed by atoms with Gasteiger partial charge in [-0.2, -0.15) is 0 Å². The first-order valence-corrected chi connectivity index (χ1v) is 6.37. The molecule has 0 bridgehead atoms. The van der Waals surface area contributed by atoms with E-state index >= 15 is 0 Å². The maximum atomic E-state index is 12.9. The average Bonchev–Trinajstić information content (AvgIpc) is 2.32. The number of nitrogens with two attached hydrogens (primary N) is 1. The highest BCUT2D eigenvalue weighted by atomic mass is 19.1. The van der Waals surface area contributed by atoms with Crippen LogP contribution in [-0.2, 0) is 9.53 Å². The van der Waals surface area contributed by atoms with E-state index in [9.17, 15) is 9.18 Å². The second kappa shape index (κ2) is 7.09. The molecule has 1 unspecified atom stereocenters. The zero-order valence-corrected chi connectivity index (χ0v) is 11.6. The number of ether oxygens (including phenoxy) is 1. The van der Waals surface area contributed by atoms with Crippen molar-refractivity contribution in [2.45, 2.75) is 33.3 Å². The number of carbonyl (C=O) groups is 1. The zero-order chi connectivity index (χ0) is 14.4. The Morgan fingerprint density at radius 1 is 1.42 bits per heavy atom. The van der Waals surface area contributed by atoms with Crippen LogP contribution in [-0.4, -0.2) is 18.6 Å². The number of carbonyl (C=O) groups excluding carboxylic acids is 1. The van der Waals surface area contributed by atoms with Gasteiger partial charge in [-0.1, -0.05) is 13.8 Å². The molecule has 0 fully saturated rings. The third kappa shape index (κ3) is 5.26. The predicted molar refractivity (Wildman–Crippen MR) is 74.3 cm³/mol. The highest BCUT2D eigenvalue weighted by molar-refractivity contribution is 5.96. The molecule has 0 aliphatic heterocycles. The van der Waals surface area contributed by atoms with Crippen LogP contribution in [0.2, 0.25) is 0 Å². The van der Waals surface area contributed by atoms with Gasteiger partial charge in [0.15, 0.2) is 0 Å². The zero-order valence-electron chi connectivity index (χ0n) is 11.6. The third-order valence-electron chi connectivity index (χ3n) is 2.70. The number of nitrogens with one attached hydrogen (secondary N) is 1. The number of benzene rings is 1. The number of halogens is 1. The van der Waals surface area contributed by atoms with Gasteiger partial charge in [-0.3, -0.25) is 4.79 Å². The van der Waals surface area contributed by atoms with Crippen molar-refractivity contribution in [3.8, 4) is 0 Å². The molecule has 0 aromatic heterocycles. The Morgan fingerprint density at radius 3 is 2.68 bits per heavy atom. The van der Waals surface area contributed by atoms with Gasteiger partial charge in [0.1, 0.15) is 11.9 Å². The number of hydrogen-bond donors (Lipinski definition) is 2. The van der Waals surface area contributed by atoms with E-state index in [1.165, 1.54) is 18.2 Å². The van der Waals surface area contributed by atoms with Crippen LogP contribution in [0.1, 0.15) is 27.2 Å². The number of hydrogen-bond acceptors (Lipinski definition) is 3. The molecule has 4 nitrogen and oxygen atoms in total. The van der Waals surface area contributed by atoms with E-state index < -0.39 is 11.9 Å². The normalized spacial score (nSPS) is 12.5.